The predicted molar refractivity (Wildman–Crippen MR) is 58.4 cm³/mol. The van der Waals surface area contributed by atoms with Crippen LogP contribution < -0.4 is 0 Å². The van der Waals surface area contributed by atoms with E-state index in [4.69, 9.17) is 5.26 Å². The van der Waals surface area contributed by atoms with E-state index in [1.807, 2.05) is 19.1 Å². The first-order chi connectivity index (χ1) is 6.77. The highest BCUT2D eigenvalue weighted by Gasteiger charge is 1.96. The SMILES string of the molecule is C=CCN=C(C)c1ccc(C#N)cc1. The summed E-state index contributed by atoms with van der Waals surface area (Å²) in [5.74, 6) is 0. The maximum absolute atomic E-state index is 8.62. The third-order valence-corrected chi connectivity index (χ3v) is 1.89. The van der Waals surface area contributed by atoms with Crippen molar-refractivity contribution in [2.75, 3.05) is 6.54 Å². The molecule has 0 aliphatic rings. The summed E-state index contributed by atoms with van der Waals surface area (Å²) in [7, 11) is 0. The fourth-order valence-corrected chi connectivity index (χ4v) is 1.08. The van der Waals surface area contributed by atoms with Crippen LogP contribution in [-0.2, 0) is 0 Å². The molecule has 0 saturated carbocycles. The van der Waals surface area contributed by atoms with E-state index in [0.29, 0.717) is 12.1 Å². The largest absolute Gasteiger partial charge is 0.285 e. The Kier molecular flexibility index (Phi) is 3.63. The van der Waals surface area contributed by atoms with Crippen LogP contribution >= 0.6 is 0 Å². The minimum atomic E-state index is 0.631. The van der Waals surface area contributed by atoms with Crippen LogP contribution in [0.1, 0.15) is 18.1 Å². The maximum atomic E-state index is 8.62. The summed E-state index contributed by atoms with van der Waals surface area (Å²) in [6, 6.07) is 9.47. The van der Waals surface area contributed by atoms with E-state index in [1.54, 1.807) is 18.2 Å². The zero-order chi connectivity index (χ0) is 10.4. The van der Waals surface area contributed by atoms with Crippen molar-refractivity contribution >= 4 is 5.71 Å². The summed E-state index contributed by atoms with van der Waals surface area (Å²) in [5.41, 5.74) is 2.69. The molecule has 0 unspecified atom stereocenters. The van der Waals surface area contributed by atoms with Crippen molar-refractivity contribution < 1.29 is 0 Å². The standard InChI is InChI=1S/C12H12N2/c1-3-8-14-10(2)12-6-4-11(9-13)5-7-12/h3-7H,1,8H2,2H3. The summed E-state index contributed by atoms with van der Waals surface area (Å²) in [6.07, 6.45) is 1.76. The van der Waals surface area contributed by atoms with Crippen molar-refractivity contribution in [3.63, 3.8) is 0 Å². The molecule has 2 nitrogen and oxygen atoms in total. The van der Waals surface area contributed by atoms with Crippen LogP contribution in [0.25, 0.3) is 0 Å². The van der Waals surface area contributed by atoms with Crippen LogP contribution in [0.2, 0.25) is 0 Å². The Morgan fingerprint density at radius 3 is 2.64 bits per heavy atom. The van der Waals surface area contributed by atoms with Gasteiger partial charge in [0.15, 0.2) is 0 Å². The summed E-state index contributed by atoms with van der Waals surface area (Å²) >= 11 is 0. The zero-order valence-corrected chi connectivity index (χ0v) is 8.20. The molecule has 0 fully saturated rings. The molecule has 0 spiro atoms. The van der Waals surface area contributed by atoms with Crippen molar-refractivity contribution in [2.24, 2.45) is 4.99 Å². The summed E-state index contributed by atoms with van der Waals surface area (Å²) < 4.78 is 0. The zero-order valence-electron chi connectivity index (χ0n) is 8.20. The number of hydrogen-bond acceptors (Lipinski definition) is 2. The normalized spacial score (nSPS) is 10.7. The monoisotopic (exact) mass is 184 g/mol. The van der Waals surface area contributed by atoms with Gasteiger partial charge >= 0.3 is 0 Å². The summed E-state index contributed by atoms with van der Waals surface area (Å²) in [4.78, 5) is 4.28. The quantitative estimate of drug-likeness (QED) is 0.525. The first-order valence-corrected chi connectivity index (χ1v) is 4.40. The molecule has 0 amide bonds. The highest BCUT2D eigenvalue weighted by molar-refractivity contribution is 5.98. The Bertz CT molecular complexity index is 380. The number of aliphatic imine (C=N–C) groups is 1. The van der Waals surface area contributed by atoms with E-state index >= 15 is 0 Å². The van der Waals surface area contributed by atoms with Gasteiger partial charge in [-0.1, -0.05) is 18.2 Å². The molecule has 0 aliphatic heterocycles. The third-order valence-electron chi connectivity index (χ3n) is 1.89. The average molecular weight is 184 g/mol. The van der Waals surface area contributed by atoms with Crippen molar-refractivity contribution in [2.45, 2.75) is 6.92 Å². The first-order valence-electron chi connectivity index (χ1n) is 4.40. The molecule has 0 aromatic heterocycles. The maximum Gasteiger partial charge on any atom is 0.0991 e. The lowest BCUT2D eigenvalue weighted by Gasteiger charge is -1.99. The number of rotatable bonds is 3. The molecule has 0 aliphatic carbocycles. The van der Waals surface area contributed by atoms with Crippen molar-refractivity contribution in [1.29, 1.82) is 5.26 Å². The molecule has 0 atom stereocenters. The molecule has 0 N–H and O–H groups in total. The Morgan fingerprint density at radius 2 is 2.14 bits per heavy atom. The van der Waals surface area contributed by atoms with Crippen LogP contribution in [0.15, 0.2) is 41.9 Å². The first kappa shape index (κ1) is 10.2. The second kappa shape index (κ2) is 4.98. The topological polar surface area (TPSA) is 36.1 Å². The van der Waals surface area contributed by atoms with E-state index in [-0.39, 0.29) is 0 Å². The number of hydrogen-bond donors (Lipinski definition) is 0. The number of benzene rings is 1. The van der Waals surface area contributed by atoms with Crippen LogP contribution in [0.5, 0.6) is 0 Å². The van der Waals surface area contributed by atoms with Gasteiger partial charge in [-0.15, -0.1) is 6.58 Å². The molecule has 0 radical (unpaired) electrons. The summed E-state index contributed by atoms with van der Waals surface area (Å²) in [6.45, 7) is 6.18. The van der Waals surface area contributed by atoms with Crippen LogP contribution in [0.3, 0.4) is 0 Å². The van der Waals surface area contributed by atoms with E-state index in [9.17, 15) is 0 Å². The second-order valence-corrected chi connectivity index (χ2v) is 2.90. The molecule has 1 aromatic rings. The van der Waals surface area contributed by atoms with Crippen LogP contribution in [-0.4, -0.2) is 12.3 Å². The molecule has 0 bridgehead atoms. The van der Waals surface area contributed by atoms with Gasteiger partial charge in [0.2, 0.25) is 0 Å². The Labute approximate surface area is 84.2 Å². The van der Waals surface area contributed by atoms with Crippen molar-refractivity contribution in [1.82, 2.24) is 0 Å². The minimum Gasteiger partial charge on any atom is -0.285 e. The van der Waals surface area contributed by atoms with Gasteiger partial charge in [0.1, 0.15) is 0 Å². The fraction of sp³-hybridized carbons (Fsp3) is 0.167. The Balaban J connectivity index is 2.87. The molecule has 0 heterocycles. The van der Waals surface area contributed by atoms with Crippen LogP contribution in [0, 0.1) is 11.3 Å². The lowest BCUT2D eigenvalue weighted by atomic mass is 10.1. The lowest BCUT2D eigenvalue weighted by Crippen LogP contribution is -1.95. The van der Waals surface area contributed by atoms with Gasteiger partial charge < -0.3 is 0 Å². The molecule has 0 saturated heterocycles. The Hall–Kier alpha value is -1.88. The molecule has 1 aromatic carbocycles. The van der Waals surface area contributed by atoms with Gasteiger partial charge in [-0.05, 0) is 24.6 Å². The number of nitrogens with zero attached hydrogens (tertiary/aromatic N) is 2. The highest BCUT2D eigenvalue weighted by atomic mass is 14.7. The van der Waals surface area contributed by atoms with Gasteiger partial charge in [0.25, 0.3) is 0 Å². The molecule has 1 rings (SSSR count). The molecular weight excluding hydrogens is 172 g/mol. The number of nitriles is 1. The molecular formula is C12H12N2. The molecule has 14 heavy (non-hydrogen) atoms. The molecule has 2 heteroatoms. The van der Waals surface area contributed by atoms with E-state index < -0.39 is 0 Å². The fourth-order valence-electron chi connectivity index (χ4n) is 1.08. The van der Waals surface area contributed by atoms with Gasteiger partial charge in [-0.2, -0.15) is 5.26 Å². The summed E-state index contributed by atoms with van der Waals surface area (Å²) in [5, 5.41) is 8.62. The van der Waals surface area contributed by atoms with E-state index in [0.717, 1.165) is 11.3 Å². The molecule has 70 valence electrons. The minimum absolute atomic E-state index is 0.631. The lowest BCUT2D eigenvalue weighted by molar-refractivity contribution is 1.24. The van der Waals surface area contributed by atoms with Crippen LogP contribution in [0.4, 0.5) is 0 Å². The highest BCUT2D eigenvalue weighted by Crippen LogP contribution is 2.04. The predicted octanol–water partition coefficient (Wildman–Crippen LogP) is 2.55. The van der Waals surface area contributed by atoms with Gasteiger partial charge in [0.05, 0.1) is 18.2 Å². The van der Waals surface area contributed by atoms with E-state index in [2.05, 4.69) is 17.6 Å². The third kappa shape index (κ3) is 2.56. The van der Waals surface area contributed by atoms with Gasteiger partial charge in [-0.3, -0.25) is 4.99 Å². The Morgan fingerprint density at radius 1 is 1.50 bits per heavy atom. The smallest absolute Gasteiger partial charge is 0.0991 e. The average Bonchev–Trinajstić information content (AvgIpc) is 2.26. The van der Waals surface area contributed by atoms with E-state index in [1.165, 1.54) is 0 Å². The van der Waals surface area contributed by atoms with Crippen molar-refractivity contribution in [3.8, 4) is 6.07 Å². The second-order valence-electron chi connectivity index (χ2n) is 2.90. The van der Waals surface area contributed by atoms with Gasteiger partial charge in [-0.25, -0.2) is 0 Å². The van der Waals surface area contributed by atoms with Crippen molar-refractivity contribution in [3.05, 3.63) is 48.0 Å². The van der Waals surface area contributed by atoms with Gasteiger partial charge in [0, 0.05) is 5.71 Å².